The number of nitrogens with zero attached hydrogens (tertiary/aromatic N) is 3. The van der Waals surface area contributed by atoms with Crippen molar-refractivity contribution in [3.05, 3.63) is 95.8 Å². The van der Waals surface area contributed by atoms with Crippen molar-refractivity contribution in [2.45, 2.75) is 30.8 Å². The first kappa shape index (κ1) is 23.1. The number of amides is 2. The number of benzene rings is 2. The average molecular weight is 467 g/mol. The summed E-state index contributed by atoms with van der Waals surface area (Å²) >= 11 is 0. The Morgan fingerprint density at radius 3 is 2.49 bits per heavy atom. The molecule has 2 aliphatic heterocycles. The topological polar surface area (TPSA) is 68.7 Å². The maximum atomic E-state index is 13.1. The molecule has 0 spiro atoms. The molecule has 6 heteroatoms. The minimum absolute atomic E-state index is 0.0654. The molecule has 2 fully saturated rings. The molecule has 3 atom stereocenters. The molecule has 1 aromatic heterocycles. The van der Waals surface area contributed by atoms with Crippen LogP contribution in [0.4, 0.5) is 10.5 Å². The number of para-hydroxylation sites is 1. The summed E-state index contributed by atoms with van der Waals surface area (Å²) in [5, 5.41) is 13.2. The molecule has 0 bridgehead atoms. The molecule has 2 amide bonds. The summed E-state index contributed by atoms with van der Waals surface area (Å²) < 4.78 is 0. The van der Waals surface area contributed by atoms with E-state index >= 15 is 0 Å². The Hall–Kier alpha value is -3.66. The van der Waals surface area contributed by atoms with Crippen molar-refractivity contribution in [3.8, 4) is 11.8 Å². The normalized spacial score (nSPS) is 22.0. The monoisotopic (exact) mass is 466 g/mol. The third-order valence-corrected chi connectivity index (χ3v) is 6.98. The van der Waals surface area contributed by atoms with Crippen LogP contribution in [0.1, 0.15) is 35.6 Å². The van der Waals surface area contributed by atoms with Crippen molar-refractivity contribution in [2.75, 3.05) is 31.6 Å². The van der Waals surface area contributed by atoms with E-state index in [1.807, 2.05) is 65.6 Å². The van der Waals surface area contributed by atoms with E-state index in [2.05, 4.69) is 39.2 Å². The van der Waals surface area contributed by atoms with E-state index in [1.165, 1.54) is 5.56 Å². The zero-order valence-electron chi connectivity index (χ0n) is 19.7. The number of aliphatic hydroxyl groups excluding tert-OH is 1. The van der Waals surface area contributed by atoms with E-state index in [0.717, 1.165) is 42.9 Å². The molecule has 6 nitrogen and oxygen atoms in total. The molecule has 0 saturated carbocycles. The average Bonchev–Trinajstić information content (AvgIpc) is 2.88. The number of urea groups is 1. The van der Waals surface area contributed by atoms with Gasteiger partial charge >= 0.3 is 6.03 Å². The smallest absolute Gasteiger partial charge is 0.321 e. The molecule has 35 heavy (non-hydrogen) atoms. The Kier molecular flexibility index (Phi) is 7.08. The van der Waals surface area contributed by atoms with Gasteiger partial charge in [-0.15, -0.1) is 0 Å². The second-order valence-electron chi connectivity index (χ2n) is 9.12. The molecule has 2 aromatic carbocycles. The lowest BCUT2D eigenvalue weighted by Gasteiger charge is -2.57. The lowest BCUT2D eigenvalue weighted by molar-refractivity contribution is -0.0585. The van der Waals surface area contributed by atoms with E-state index in [-0.39, 0.29) is 30.6 Å². The number of carbonyl (C=O) groups excluding carboxylic acids is 1. The van der Waals surface area contributed by atoms with Gasteiger partial charge < -0.3 is 15.3 Å². The van der Waals surface area contributed by atoms with Gasteiger partial charge in [-0.05, 0) is 67.3 Å². The predicted molar refractivity (Wildman–Crippen MR) is 137 cm³/mol. The van der Waals surface area contributed by atoms with Gasteiger partial charge in [0.1, 0.15) is 5.69 Å². The molecule has 0 unspecified atom stereocenters. The largest absolute Gasteiger partial charge is 0.395 e. The van der Waals surface area contributed by atoms with Gasteiger partial charge in [-0.1, -0.05) is 42.3 Å². The number of aliphatic hydroxyl groups is 1. The Balaban J connectivity index is 1.32. The second-order valence-corrected chi connectivity index (χ2v) is 9.12. The van der Waals surface area contributed by atoms with Crippen LogP contribution in [-0.4, -0.2) is 64.2 Å². The van der Waals surface area contributed by atoms with E-state index in [1.54, 1.807) is 6.20 Å². The van der Waals surface area contributed by atoms with Crippen LogP contribution in [0, 0.1) is 11.8 Å². The SMILES string of the molecule is O=C(Nc1ccccc1)N1CCCCN2[C@H](CO)[C@@H](c3ccc(C#Cc4ccccn4)cc3)[C@H]2C1. The summed E-state index contributed by atoms with van der Waals surface area (Å²) in [6, 6.07) is 23.8. The molecule has 178 valence electrons. The summed E-state index contributed by atoms with van der Waals surface area (Å²) in [5.41, 5.74) is 3.66. The number of carbonyl (C=O) groups is 1. The number of rotatable bonds is 3. The summed E-state index contributed by atoms with van der Waals surface area (Å²) in [6.45, 7) is 2.44. The van der Waals surface area contributed by atoms with Gasteiger partial charge in [-0.25, -0.2) is 9.78 Å². The number of fused-ring (bicyclic) bond motifs is 1. The van der Waals surface area contributed by atoms with Crippen LogP contribution < -0.4 is 5.32 Å². The van der Waals surface area contributed by atoms with Gasteiger partial charge in [-0.3, -0.25) is 4.90 Å². The van der Waals surface area contributed by atoms with Crippen molar-refractivity contribution >= 4 is 11.7 Å². The highest BCUT2D eigenvalue weighted by Crippen LogP contribution is 2.42. The van der Waals surface area contributed by atoms with Crippen LogP contribution in [0.3, 0.4) is 0 Å². The number of nitrogens with one attached hydrogen (secondary N) is 1. The van der Waals surface area contributed by atoms with Crippen LogP contribution in [0.25, 0.3) is 0 Å². The molecule has 2 saturated heterocycles. The molecule has 3 aromatic rings. The van der Waals surface area contributed by atoms with E-state index in [9.17, 15) is 9.90 Å². The maximum absolute atomic E-state index is 13.1. The number of hydrogen-bond acceptors (Lipinski definition) is 4. The molecular weight excluding hydrogens is 436 g/mol. The zero-order valence-corrected chi connectivity index (χ0v) is 19.7. The Morgan fingerprint density at radius 2 is 1.74 bits per heavy atom. The van der Waals surface area contributed by atoms with Crippen molar-refractivity contribution in [2.24, 2.45) is 0 Å². The summed E-state index contributed by atoms with van der Waals surface area (Å²) in [5.74, 6) is 6.44. The molecule has 2 N–H and O–H groups in total. The first-order valence-electron chi connectivity index (χ1n) is 12.2. The minimum atomic E-state index is -0.0654. The summed E-state index contributed by atoms with van der Waals surface area (Å²) in [6.07, 6.45) is 3.71. The third kappa shape index (κ3) is 5.22. The number of hydrogen-bond donors (Lipinski definition) is 2. The lowest BCUT2D eigenvalue weighted by atomic mass is 9.74. The van der Waals surface area contributed by atoms with Gasteiger partial charge in [0, 0.05) is 48.5 Å². The zero-order chi connectivity index (χ0) is 24.0. The van der Waals surface area contributed by atoms with Crippen LogP contribution in [0.15, 0.2) is 79.0 Å². The van der Waals surface area contributed by atoms with Crippen molar-refractivity contribution in [3.63, 3.8) is 0 Å². The number of aromatic nitrogens is 1. The van der Waals surface area contributed by atoms with Gasteiger partial charge in [-0.2, -0.15) is 0 Å². The van der Waals surface area contributed by atoms with Crippen LogP contribution in [0.2, 0.25) is 0 Å². The van der Waals surface area contributed by atoms with Gasteiger partial charge in [0.05, 0.1) is 6.61 Å². The summed E-state index contributed by atoms with van der Waals surface area (Å²) in [7, 11) is 0. The van der Waals surface area contributed by atoms with E-state index in [0.29, 0.717) is 6.54 Å². The first-order valence-corrected chi connectivity index (χ1v) is 12.2. The van der Waals surface area contributed by atoms with Gasteiger partial charge in [0.25, 0.3) is 0 Å². The molecule has 5 rings (SSSR count). The molecule has 2 aliphatic rings. The maximum Gasteiger partial charge on any atom is 0.321 e. The summed E-state index contributed by atoms with van der Waals surface area (Å²) in [4.78, 5) is 21.6. The quantitative estimate of drug-likeness (QED) is 0.574. The predicted octanol–water partition coefficient (Wildman–Crippen LogP) is 3.94. The molecular formula is C29H30N4O2. The van der Waals surface area contributed by atoms with Crippen LogP contribution >= 0.6 is 0 Å². The number of anilines is 1. The second kappa shape index (κ2) is 10.7. The molecule has 0 radical (unpaired) electrons. The fourth-order valence-electron chi connectivity index (χ4n) is 5.21. The van der Waals surface area contributed by atoms with Crippen LogP contribution in [-0.2, 0) is 0 Å². The third-order valence-electron chi connectivity index (χ3n) is 6.98. The lowest BCUT2D eigenvalue weighted by Crippen LogP contribution is -2.68. The van der Waals surface area contributed by atoms with Crippen molar-refractivity contribution in [1.82, 2.24) is 14.8 Å². The molecule has 0 aliphatic carbocycles. The van der Waals surface area contributed by atoms with Crippen LogP contribution in [0.5, 0.6) is 0 Å². The Labute approximate surface area is 206 Å². The Bertz CT molecular complexity index is 1190. The van der Waals surface area contributed by atoms with E-state index < -0.39 is 0 Å². The van der Waals surface area contributed by atoms with E-state index in [4.69, 9.17) is 0 Å². The highest BCUT2D eigenvalue weighted by Gasteiger charge is 2.49. The van der Waals surface area contributed by atoms with Crippen molar-refractivity contribution < 1.29 is 9.90 Å². The fraction of sp³-hybridized carbons (Fsp3) is 0.310. The number of pyridine rings is 1. The fourth-order valence-corrected chi connectivity index (χ4v) is 5.21. The first-order chi connectivity index (χ1) is 17.2. The standard InChI is InChI=1S/C29H30N4O2/c34-21-27-28(23-14-11-22(12-15-23)13-16-24-8-4-5-17-30-24)26-20-32(18-6-7-19-33(26)27)29(35)31-25-9-2-1-3-10-25/h1-5,8-12,14-15,17,26-28,34H,6-7,18-21H2,(H,31,35)/t26-,27-,28+/m1/s1. The molecule has 3 heterocycles. The highest BCUT2D eigenvalue weighted by molar-refractivity contribution is 5.89. The minimum Gasteiger partial charge on any atom is -0.395 e. The van der Waals surface area contributed by atoms with Crippen molar-refractivity contribution in [1.29, 1.82) is 0 Å². The van der Waals surface area contributed by atoms with Gasteiger partial charge in [0.2, 0.25) is 0 Å². The highest BCUT2D eigenvalue weighted by atomic mass is 16.3. The Morgan fingerprint density at radius 1 is 0.971 bits per heavy atom. The van der Waals surface area contributed by atoms with Gasteiger partial charge in [0.15, 0.2) is 0 Å².